The molecule has 240 valence electrons. The van der Waals surface area contributed by atoms with E-state index in [4.69, 9.17) is 15.0 Å². The van der Waals surface area contributed by atoms with Crippen LogP contribution in [0.15, 0.2) is 163 Å². The Morgan fingerprint density at radius 3 is 1.53 bits per heavy atom. The molecule has 2 heterocycles. The van der Waals surface area contributed by atoms with Gasteiger partial charge in [-0.25, -0.2) is 36.9 Å². The Morgan fingerprint density at radius 1 is 0.510 bits per heavy atom. The lowest BCUT2D eigenvalue weighted by Gasteiger charge is -2.18. The van der Waals surface area contributed by atoms with Gasteiger partial charge in [0.15, 0.2) is 40.8 Å². The summed E-state index contributed by atoms with van der Waals surface area (Å²) in [5.74, 6) is -9.17. The second-order valence-electron chi connectivity index (χ2n) is 11.1. The molecule has 2 aromatic heterocycles. The number of para-hydroxylation sites is 3. The second kappa shape index (κ2) is 13.1. The largest absolute Gasteiger partial charge is 0.308 e. The molecule has 0 spiro atoms. The van der Waals surface area contributed by atoms with Gasteiger partial charge in [0.2, 0.25) is 0 Å². The molecule has 0 atom stereocenters. The Balaban J connectivity index is 1.55. The van der Waals surface area contributed by atoms with Gasteiger partial charge in [-0.3, -0.25) is 0 Å². The van der Waals surface area contributed by atoms with E-state index in [1.54, 1.807) is 18.2 Å². The van der Waals surface area contributed by atoms with Crippen LogP contribution >= 0.6 is 0 Å². The fourth-order valence-corrected chi connectivity index (χ4v) is 5.85. The maximum absolute atomic E-state index is 15.6. The van der Waals surface area contributed by atoms with Gasteiger partial charge in [-0.2, -0.15) is 0 Å². The summed E-state index contributed by atoms with van der Waals surface area (Å²) in [6.45, 7) is 2.64. The Labute approximate surface area is 277 Å². The van der Waals surface area contributed by atoms with Gasteiger partial charge in [0.05, 0.1) is 16.7 Å². The zero-order valence-electron chi connectivity index (χ0n) is 25.7. The first kappa shape index (κ1) is 31.4. The molecule has 0 bridgehead atoms. The molecule has 7 aromatic rings. The molecule has 0 unspecified atom stereocenters. The van der Waals surface area contributed by atoms with Gasteiger partial charge in [0.25, 0.3) is 0 Å². The van der Waals surface area contributed by atoms with Gasteiger partial charge < -0.3 is 4.57 Å². The van der Waals surface area contributed by atoms with Crippen molar-refractivity contribution in [1.29, 1.82) is 0 Å². The van der Waals surface area contributed by atoms with Crippen LogP contribution in [0.4, 0.5) is 22.0 Å². The minimum atomic E-state index is -2.31. The molecule has 4 nitrogen and oxygen atoms in total. The quantitative estimate of drug-likeness (QED) is 0.121. The lowest BCUT2D eigenvalue weighted by atomic mass is 10.0. The first-order chi connectivity index (χ1) is 23.8. The maximum atomic E-state index is 15.6. The fraction of sp³-hybridized carbons (Fsp3) is 0.0250. The van der Waals surface area contributed by atoms with Crippen LogP contribution in [0.1, 0.15) is 5.56 Å². The zero-order chi connectivity index (χ0) is 34.1. The first-order valence-corrected chi connectivity index (χ1v) is 15.2. The van der Waals surface area contributed by atoms with E-state index in [9.17, 15) is 17.6 Å². The number of halogens is 5. The Morgan fingerprint density at radius 2 is 1.00 bits per heavy atom. The second-order valence-corrected chi connectivity index (χ2v) is 11.1. The van der Waals surface area contributed by atoms with Gasteiger partial charge in [-0.1, -0.05) is 116 Å². The average Bonchev–Trinajstić information content (AvgIpc) is 3.48. The summed E-state index contributed by atoms with van der Waals surface area (Å²) < 4.78 is 74.1. The smallest absolute Gasteiger partial charge is 0.200 e. The molecule has 5 aromatic carbocycles. The van der Waals surface area contributed by atoms with Crippen LogP contribution in [0.5, 0.6) is 0 Å². The third-order valence-electron chi connectivity index (χ3n) is 8.07. The summed E-state index contributed by atoms with van der Waals surface area (Å²) in [4.78, 5) is 14.5. The van der Waals surface area contributed by atoms with Crippen molar-refractivity contribution in [3.05, 3.63) is 169 Å². The molecule has 0 aliphatic rings. The Kier molecular flexibility index (Phi) is 8.40. The molecule has 0 aliphatic carbocycles. The van der Waals surface area contributed by atoms with E-state index in [2.05, 4.69) is 6.58 Å². The van der Waals surface area contributed by atoms with Gasteiger partial charge in [-0.15, -0.1) is 0 Å². The predicted molar refractivity (Wildman–Crippen MR) is 183 cm³/mol. The average molecular weight is 657 g/mol. The van der Waals surface area contributed by atoms with Crippen LogP contribution in [0.3, 0.4) is 0 Å². The summed E-state index contributed by atoms with van der Waals surface area (Å²) in [7, 11) is 0. The number of fused-ring (bicyclic) bond motifs is 3. The van der Waals surface area contributed by atoms with Crippen LogP contribution < -0.4 is 0 Å². The fourth-order valence-electron chi connectivity index (χ4n) is 5.85. The van der Waals surface area contributed by atoms with Crippen molar-refractivity contribution in [3.8, 4) is 39.9 Å². The molecule has 7 rings (SSSR count). The standard InChI is InChI=1S/C40H25F5N4/c1-24(41)34(43)36(45)35(44)31(42)23-27-17-12-20-30(37(27)49-32-21-10-8-18-28(32)29-19-9-11-22-33(29)49)40-47-38(25-13-4-2-5-14-25)46-39(48-40)26-15-6-3-7-16-26/h2-22H,1,23H2/b35-31-,36-34-. The molecule has 0 saturated heterocycles. The molecule has 49 heavy (non-hydrogen) atoms. The van der Waals surface area contributed by atoms with E-state index >= 15 is 4.39 Å². The maximum Gasteiger partial charge on any atom is 0.200 e. The van der Waals surface area contributed by atoms with Crippen LogP contribution in [0, 0.1) is 0 Å². The molecule has 9 heteroatoms. The lowest BCUT2D eigenvalue weighted by molar-refractivity contribution is 0.446. The SMILES string of the molecule is C=C(F)/C(F)=C(F)\C(F)=C(\F)Cc1cccc(-c2nc(-c3ccccc3)nc(-c3ccccc3)n2)c1-n1c2ccccc2c2ccccc21. The predicted octanol–water partition coefficient (Wildman–Crippen LogP) is 11.3. The highest BCUT2D eigenvalue weighted by atomic mass is 19.2. The van der Waals surface area contributed by atoms with Crippen molar-refractivity contribution in [2.24, 2.45) is 0 Å². The van der Waals surface area contributed by atoms with Crippen molar-refractivity contribution in [2.75, 3.05) is 0 Å². The molecule has 0 fully saturated rings. The summed E-state index contributed by atoms with van der Waals surface area (Å²) in [6.07, 6.45) is -0.808. The molecule has 0 saturated carbocycles. The molecule has 0 aliphatic heterocycles. The van der Waals surface area contributed by atoms with Crippen molar-refractivity contribution in [1.82, 2.24) is 19.5 Å². The van der Waals surface area contributed by atoms with Crippen molar-refractivity contribution in [2.45, 2.75) is 6.42 Å². The number of hydrogen-bond donors (Lipinski definition) is 0. The number of hydrogen-bond acceptors (Lipinski definition) is 3. The van der Waals surface area contributed by atoms with Gasteiger partial charge in [0.1, 0.15) is 5.83 Å². The summed E-state index contributed by atoms with van der Waals surface area (Å²) >= 11 is 0. The van der Waals surface area contributed by atoms with E-state index in [0.717, 1.165) is 32.9 Å². The minimum absolute atomic E-state index is 0.201. The molecule has 0 N–H and O–H groups in total. The van der Waals surface area contributed by atoms with Crippen LogP contribution in [0.25, 0.3) is 61.7 Å². The van der Waals surface area contributed by atoms with Crippen molar-refractivity contribution in [3.63, 3.8) is 0 Å². The zero-order valence-corrected chi connectivity index (χ0v) is 25.7. The lowest BCUT2D eigenvalue weighted by Crippen LogP contribution is -2.07. The first-order valence-electron chi connectivity index (χ1n) is 15.2. The topological polar surface area (TPSA) is 43.6 Å². The van der Waals surface area contributed by atoms with Crippen LogP contribution in [-0.2, 0) is 6.42 Å². The number of aromatic nitrogens is 4. The van der Waals surface area contributed by atoms with Gasteiger partial charge >= 0.3 is 0 Å². The Bertz CT molecular complexity index is 2320. The van der Waals surface area contributed by atoms with Crippen molar-refractivity contribution >= 4 is 21.8 Å². The number of nitrogens with zero attached hydrogens (tertiary/aromatic N) is 4. The van der Waals surface area contributed by atoms with Crippen LogP contribution in [0.2, 0.25) is 0 Å². The number of rotatable bonds is 8. The van der Waals surface area contributed by atoms with E-state index in [0.29, 0.717) is 22.9 Å². The highest BCUT2D eigenvalue weighted by molar-refractivity contribution is 6.09. The molecule has 0 amide bonds. The molecular weight excluding hydrogens is 631 g/mol. The monoisotopic (exact) mass is 656 g/mol. The number of allylic oxidation sites excluding steroid dienone is 5. The normalized spacial score (nSPS) is 12.6. The number of benzene rings is 5. The Hall–Kier alpha value is -6.22. The van der Waals surface area contributed by atoms with E-state index < -0.39 is 35.6 Å². The van der Waals surface area contributed by atoms with Gasteiger partial charge in [-0.05, 0) is 23.8 Å². The highest BCUT2D eigenvalue weighted by Crippen LogP contribution is 2.39. The molecule has 0 radical (unpaired) electrons. The third kappa shape index (κ3) is 5.91. The van der Waals surface area contributed by atoms with E-state index in [-0.39, 0.29) is 11.4 Å². The van der Waals surface area contributed by atoms with Gasteiger partial charge in [0, 0.05) is 33.9 Å². The summed E-state index contributed by atoms with van der Waals surface area (Å²) in [5.41, 5.74) is 3.97. The van der Waals surface area contributed by atoms with Crippen LogP contribution in [-0.4, -0.2) is 19.5 Å². The third-order valence-corrected chi connectivity index (χ3v) is 8.07. The van der Waals surface area contributed by atoms with E-state index in [1.807, 2.05) is 114 Å². The minimum Gasteiger partial charge on any atom is -0.308 e. The highest BCUT2D eigenvalue weighted by Gasteiger charge is 2.25. The van der Waals surface area contributed by atoms with Crippen molar-refractivity contribution < 1.29 is 22.0 Å². The summed E-state index contributed by atoms with van der Waals surface area (Å²) in [6, 6.07) is 38.8. The molecular formula is C40H25F5N4. The summed E-state index contributed by atoms with van der Waals surface area (Å²) in [5, 5.41) is 1.79. The van der Waals surface area contributed by atoms with E-state index in [1.165, 1.54) is 0 Å².